The fourth-order valence-electron chi connectivity index (χ4n) is 3.14. The number of aliphatic hydroxyl groups is 1. The van der Waals surface area contributed by atoms with E-state index < -0.39 is 66.4 Å². The Balaban J connectivity index is 3.15. The van der Waals surface area contributed by atoms with E-state index in [1.54, 1.807) is 6.26 Å². The maximum absolute atomic E-state index is 13.2. The van der Waals surface area contributed by atoms with Gasteiger partial charge in [-0.05, 0) is 49.5 Å². The zero-order valence-electron chi connectivity index (χ0n) is 20.5. The lowest BCUT2D eigenvalue weighted by Crippen LogP contribution is -2.58. The molecule has 0 aromatic heterocycles. The maximum Gasteiger partial charge on any atom is 0.326 e. The van der Waals surface area contributed by atoms with Crippen LogP contribution in [0.2, 0.25) is 0 Å². The van der Waals surface area contributed by atoms with Gasteiger partial charge in [-0.25, -0.2) is 4.79 Å². The second-order valence-electron chi connectivity index (χ2n) is 8.37. The number of carboxylic acid groups (broad SMARTS) is 2. The van der Waals surface area contributed by atoms with Gasteiger partial charge in [0.05, 0.1) is 6.10 Å². The van der Waals surface area contributed by atoms with Gasteiger partial charge < -0.3 is 42.1 Å². The second kappa shape index (κ2) is 15.7. The van der Waals surface area contributed by atoms with Crippen molar-refractivity contribution in [3.05, 3.63) is 29.8 Å². The van der Waals surface area contributed by atoms with Gasteiger partial charge in [0, 0.05) is 12.8 Å². The summed E-state index contributed by atoms with van der Waals surface area (Å²) in [6.45, 7) is 1.29. The standard InChI is InChI=1S/C23H34N4O9S/c1-12(28)19(24)22(34)27-17(11-13-3-5-14(29)6-4-13)21(33)25-15(7-8-18(30)31)20(32)26-16(23(35)36)9-10-37-2/h3-6,12,15-17,19,28-29H,7-11,24H2,1-2H3,(H,25,33)(H,26,32)(H,27,34)(H,30,31)(H,35,36). The Bertz CT molecular complexity index is 943. The van der Waals surface area contributed by atoms with E-state index in [1.807, 2.05) is 0 Å². The first-order chi connectivity index (χ1) is 17.3. The highest BCUT2D eigenvalue weighted by molar-refractivity contribution is 7.98. The molecule has 1 rings (SSSR count). The number of phenolic OH excluding ortho intramolecular Hbond substituents is 1. The average Bonchev–Trinajstić information content (AvgIpc) is 2.83. The van der Waals surface area contributed by atoms with Gasteiger partial charge in [-0.3, -0.25) is 19.2 Å². The summed E-state index contributed by atoms with van der Waals surface area (Å²) in [6, 6.07) is 0.449. The Morgan fingerprint density at radius 3 is 1.95 bits per heavy atom. The number of benzene rings is 1. The van der Waals surface area contributed by atoms with E-state index in [0.717, 1.165) is 0 Å². The van der Waals surface area contributed by atoms with Crippen LogP contribution < -0.4 is 21.7 Å². The van der Waals surface area contributed by atoms with Gasteiger partial charge in [-0.1, -0.05) is 12.1 Å². The fourth-order valence-corrected chi connectivity index (χ4v) is 3.61. The van der Waals surface area contributed by atoms with Crippen molar-refractivity contribution in [3.8, 4) is 5.75 Å². The molecule has 14 heteroatoms. The highest BCUT2D eigenvalue weighted by atomic mass is 32.2. The van der Waals surface area contributed by atoms with Crippen molar-refractivity contribution in [1.29, 1.82) is 0 Å². The molecule has 5 atom stereocenters. The Morgan fingerprint density at radius 2 is 1.43 bits per heavy atom. The van der Waals surface area contributed by atoms with E-state index in [9.17, 15) is 39.3 Å². The van der Waals surface area contributed by atoms with E-state index in [-0.39, 0.29) is 25.0 Å². The molecule has 0 aliphatic rings. The van der Waals surface area contributed by atoms with Gasteiger partial charge in [-0.15, -0.1) is 0 Å². The molecule has 0 fully saturated rings. The number of hydrogen-bond donors (Lipinski definition) is 8. The molecule has 5 unspecified atom stereocenters. The van der Waals surface area contributed by atoms with Crippen molar-refractivity contribution >= 4 is 41.4 Å². The van der Waals surface area contributed by atoms with Crippen molar-refractivity contribution in [2.45, 2.75) is 62.9 Å². The molecular weight excluding hydrogens is 508 g/mol. The Hall–Kier alpha value is -3.36. The minimum Gasteiger partial charge on any atom is -0.508 e. The first-order valence-corrected chi connectivity index (χ1v) is 12.8. The molecule has 0 aliphatic carbocycles. The lowest BCUT2D eigenvalue weighted by Gasteiger charge is -2.25. The lowest BCUT2D eigenvalue weighted by molar-refractivity contribution is -0.143. The molecule has 206 valence electrons. The Kier molecular flexibility index (Phi) is 13.4. The summed E-state index contributed by atoms with van der Waals surface area (Å²) in [6.07, 6.45) is -0.275. The zero-order valence-corrected chi connectivity index (χ0v) is 21.4. The smallest absolute Gasteiger partial charge is 0.326 e. The molecular formula is C23H34N4O9S. The predicted molar refractivity (Wildman–Crippen MR) is 135 cm³/mol. The van der Waals surface area contributed by atoms with Crippen molar-refractivity contribution in [2.75, 3.05) is 12.0 Å². The van der Waals surface area contributed by atoms with Crippen LogP contribution in [0.3, 0.4) is 0 Å². The molecule has 0 bridgehead atoms. The molecule has 9 N–H and O–H groups in total. The van der Waals surface area contributed by atoms with Gasteiger partial charge in [0.2, 0.25) is 17.7 Å². The highest BCUT2D eigenvalue weighted by Gasteiger charge is 2.31. The van der Waals surface area contributed by atoms with Gasteiger partial charge >= 0.3 is 11.9 Å². The summed E-state index contributed by atoms with van der Waals surface area (Å²) in [4.78, 5) is 61.1. The maximum atomic E-state index is 13.2. The second-order valence-corrected chi connectivity index (χ2v) is 9.36. The molecule has 37 heavy (non-hydrogen) atoms. The van der Waals surface area contributed by atoms with Crippen LogP contribution in [0.1, 0.15) is 31.7 Å². The van der Waals surface area contributed by atoms with Crippen LogP contribution in [0.4, 0.5) is 0 Å². The molecule has 0 radical (unpaired) electrons. The largest absolute Gasteiger partial charge is 0.508 e. The number of carbonyl (C=O) groups excluding carboxylic acids is 3. The van der Waals surface area contributed by atoms with E-state index in [1.165, 1.54) is 43.0 Å². The fraction of sp³-hybridized carbons (Fsp3) is 0.522. The van der Waals surface area contributed by atoms with E-state index >= 15 is 0 Å². The molecule has 3 amide bonds. The minimum absolute atomic E-state index is 0.0234. The first-order valence-electron chi connectivity index (χ1n) is 11.4. The number of thioether (sulfide) groups is 1. The minimum atomic E-state index is -1.41. The van der Waals surface area contributed by atoms with E-state index in [2.05, 4.69) is 16.0 Å². The highest BCUT2D eigenvalue weighted by Crippen LogP contribution is 2.12. The van der Waals surface area contributed by atoms with Crippen LogP contribution in [-0.2, 0) is 30.4 Å². The molecule has 0 aliphatic heterocycles. The van der Waals surface area contributed by atoms with Crippen molar-refractivity contribution in [3.63, 3.8) is 0 Å². The van der Waals surface area contributed by atoms with Crippen molar-refractivity contribution in [1.82, 2.24) is 16.0 Å². The summed E-state index contributed by atoms with van der Waals surface area (Å²) in [7, 11) is 0. The molecule has 0 heterocycles. The third-order valence-corrected chi connectivity index (χ3v) is 5.98. The van der Waals surface area contributed by atoms with Gasteiger partial charge in [0.15, 0.2) is 0 Å². The quantitative estimate of drug-likeness (QED) is 0.124. The number of phenols is 1. The number of nitrogens with two attached hydrogens (primary N) is 1. The van der Waals surface area contributed by atoms with E-state index in [0.29, 0.717) is 11.3 Å². The molecule has 1 aromatic carbocycles. The van der Waals surface area contributed by atoms with Crippen LogP contribution >= 0.6 is 11.8 Å². The average molecular weight is 543 g/mol. The predicted octanol–water partition coefficient (Wildman–Crippen LogP) is -1.20. The molecule has 0 saturated carbocycles. The van der Waals surface area contributed by atoms with Crippen LogP contribution in [0, 0.1) is 0 Å². The summed E-state index contributed by atoms with van der Waals surface area (Å²) in [5, 5.41) is 44.7. The number of aliphatic hydroxyl groups excluding tert-OH is 1. The SMILES string of the molecule is CSCCC(NC(=O)C(CCC(=O)O)NC(=O)C(Cc1ccc(O)cc1)NC(=O)C(N)C(C)O)C(=O)O. The summed E-state index contributed by atoms with van der Waals surface area (Å²) >= 11 is 1.38. The number of aromatic hydroxyl groups is 1. The number of carboxylic acids is 2. The van der Waals surface area contributed by atoms with Gasteiger partial charge in [-0.2, -0.15) is 11.8 Å². The number of aliphatic carboxylic acids is 2. The third kappa shape index (κ3) is 11.5. The Labute approximate surface area is 218 Å². The molecule has 0 saturated heterocycles. The van der Waals surface area contributed by atoms with Crippen molar-refractivity contribution in [2.24, 2.45) is 5.73 Å². The van der Waals surface area contributed by atoms with Crippen LogP contribution in [0.25, 0.3) is 0 Å². The van der Waals surface area contributed by atoms with Crippen LogP contribution in [0.15, 0.2) is 24.3 Å². The first kappa shape index (κ1) is 31.7. The van der Waals surface area contributed by atoms with Crippen LogP contribution in [-0.4, -0.2) is 92.4 Å². The number of hydrogen-bond acceptors (Lipinski definition) is 9. The van der Waals surface area contributed by atoms with Gasteiger partial charge in [0.1, 0.15) is 29.9 Å². The van der Waals surface area contributed by atoms with E-state index in [4.69, 9.17) is 10.8 Å². The summed E-state index contributed by atoms with van der Waals surface area (Å²) in [5.41, 5.74) is 6.19. The van der Waals surface area contributed by atoms with Crippen molar-refractivity contribution < 1.29 is 44.4 Å². The number of nitrogens with one attached hydrogen (secondary N) is 3. The third-order valence-electron chi connectivity index (χ3n) is 5.34. The number of rotatable bonds is 16. The lowest BCUT2D eigenvalue weighted by atomic mass is 10.0. The molecule has 0 spiro atoms. The Morgan fingerprint density at radius 1 is 0.892 bits per heavy atom. The zero-order chi connectivity index (χ0) is 28.1. The number of amides is 3. The molecule has 1 aromatic rings. The topological polar surface area (TPSA) is 228 Å². The van der Waals surface area contributed by atoms with Gasteiger partial charge in [0.25, 0.3) is 0 Å². The summed E-state index contributed by atoms with van der Waals surface area (Å²) in [5.74, 6) is -4.70. The number of carbonyl (C=O) groups is 5. The monoisotopic (exact) mass is 542 g/mol. The molecule has 13 nitrogen and oxygen atoms in total. The van der Waals surface area contributed by atoms with Crippen LogP contribution in [0.5, 0.6) is 5.75 Å². The normalized spacial score (nSPS) is 14.9. The summed E-state index contributed by atoms with van der Waals surface area (Å²) < 4.78 is 0.